The minimum atomic E-state index is -0.255. The first-order valence-corrected chi connectivity index (χ1v) is 5.64. The zero-order chi connectivity index (χ0) is 13.0. The van der Waals surface area contributed by atoms with Crippen LogP contribution in [0.15, 0.2) is 12.4 Å². The second-order valence-electron chi connectivity index (χ2n) is 4.38. The van der Waals surface area contributed by atoms with Crippen LogP contribution in [-0.4, -0.2) is 45.5 Å². The molecule has 0 aromatic carbocycles. The van der Waals surface area contributed by atoms with E-state index in [2.05, 4.69) is 10.4 Å². The van der Waals surface area contributed by atoms with Gasteiger partial charge in [0.2, 0.25) is 0 Å². The topological polar surface area (TPSA) is 70.4 Å². The predicted molar refractivity (Wildman–Crippen MR) is 65.9 cm³/mol. The van der Waals surface area contributed by atoms with Crippen molar-refractivity contribution in [3.63, 3.8) is 0 Å². The van der Waals surface area contributed by atoms with Gasteiger partial charge in [-0.05, 0) is 20.8 Å². The zero-order valence-electron chi connectivity index (χ0n) is 10.7. The molecule has 0 bridgehead atoms. The second kappa shape index (κ2) is 5.67. The monoisotopic (exact) mass is 240 g/mol. The molecule has 17 heavy (non-hydrogen) atoms. The molecule has 1 rings (SSSR count). The van der Waals surface area contributed by atoms with Crippen LogP contribution < -0.4 is 5.32 Å². The number of aliphatic hydroxyl groups is 1. The van der Waals surface area contributed by atoms with Crippen molar-refractivity contribution in [1.29, 1.82) is 0 Å². The van der Waals surface area contributed by atoms with Gasteiger partial charge in [0.25, 0.3) is 0 Å². The van der Waals surface area contributed by atoms with E-state index in [9.17, 15) is 4.79 Å². The van der Waals surface area contributed by atoms with Crippen LogP contribution >= 0.6 is 0 Å². The summed E-state index contributed by atoms with van der Waals surface area (Å²) in [6, 6.07) is -0.209. The quantitative estimate of drug-likeness (QED) is 0.833. The van der Waals surface area contributed by atoms with Crippen molar-refractivity contribution < 1.29 is 9.90 Å². The Balaban J connectivity index is 2.61. The van der Waals surface area contributed by atoms with Crippen LogP contribution in [0.2, 0.25) is 0 Å². The van der Waals surface area contributed by atoms with Crippen molar-refractivity contribution in [2.24, 2.45) is 0 Å². The van der Waals surface area contributed by atoms with Crippen LogP contribution in [0, 0.1) is 0 Å². The Morgan fingerprint density at radius 2 is 2.24 bits per heavy atom. The Bertz CT molecular complexity index is 375. The van der Waals surface area contributed by atoms with Gasteiger partial charge in [0.1, 0.15) is 0 Å². The van der Waals surface area contributed by atoms with Gasteiger partial charge >= 0.3 is 6.03 Å². The van der Waals surface area contributed by atoms with Crippen LogP contribution in [0.5, 0.6) is 0 Å². The van der Waals surface area contributed by atoms with Crippen LogP contribution in [0.1, 0.15) is 26.8 Å². The number of aromatic nitrogens is 2. The standard InChI is InChI=1S/C11H20N4O2/c1-8(2)15-6-10(5-12-15)13-11(17)14(4)9(3)7-16/h5-6,8-9,16H,7H2,1-4H3,(H,13,17). The fraction of sp³-hybridized carbons (Fsp3) is 0.636. The van der Waals surface area contributed by atoms with Gasteiger partial charge in [-0.1, -0.05) is 0 Å². The molecule has 0 spiro atoms. The molecule has 0 aliphatic rings. The molecule has 96 valence electrons. The van der Waals surface area contributed by atoms with Crippen LogP contribution in [0.3, 0.4) is 0 Å². The molecule has 0 aliphatic carbocycles. The summed E-state index contributed by atoms with van der Waals surface area (Å²) in [6.45, 7) is 5.74. The van der Waals surface area contributed by atoms with E-state index in [0.29, 0.717) is 5.69 Å². The third kappa shape index (κ3) is 3.45. The van der Waals surface area contributed by atoms with Gasteiger partial charge in [-0.3, -0.25) is 4.68 Å². The van der Waals surface area contributed by atoms with E-state index in [-0.39, 0.29) is 24.7 Å². The molecule has 2 amide bonds. The number of nitrogens with zero attached hydrogens (tertiary/aromatic N) is 3. The predicted octanol–water partition coefficient (Wildman–Crippen LogP) is 1.31. The SMILES string of the molecule is CC(CO)N(C)C(=O)Nc1cnn(C(C)C)c1. The lowest BCUT2D eigenvalue weighted by atomic mass is 10.3. The first-order chi connectivity index (χ1) is 7.95. The van der Waals surface area contributed by atoms with Crippen molar-refractivity contribution in [3.05, 3.63) is 12.4 Å². The Morgan fingerprint density at radius 1 is 1.59 bits per heavy atom. The lowest BCUT2D eigenvalue weighted by Crippen LogP contribution is -2.40. The summed E-state index contributed by atoms with van der Waals surface area (Å²) >= 11 is 0. The summed E-state index contributed by atoms with van der Waals surface area (Å²) in [5, 5.41) is 15.8. The first-order valence-electron chi connectivity index (χ1n) is 5.64. The maximum Gasteiger partial charge on any atom is 0.321 e. The number of amides is 2. The van der Waals surface area contributed by atoms with Gasteiger partial charge < -0.3 is 15.3 Å². The molecular formula is C11H20N4O2. The average molecular weight is 240 g/mol. The van der Waals surface area contributed by atoms with Crippen molar-refractivity contribution in [2.45, 2.75) is 32.9 Å². The molecule has 0 saturated heterocycles. The van der Waals surface area contributed by atoms with Gasteiger partial charge in [0.15, 0.2) is 0 Å². The number of rotatable bonds is 4. The Morgan fingerprint density at radius 3 is 2.71 bits per heavy atom. The molecule has 1 aromatic rings. The van der Waals surface area contributed by atoms with E-state index >= 15 is 0 Å². The maximum atomic E-state index is 11.8. The van der Waals surface area contributed by atoms with Gasteiger partial charge in [0, 0.05) is 19.3 Å². The van der Waals surface area contributed by atoms with Crippen molar-refractivity contribution in [2.75, 3.05) is 19.0 Å². The number of anilines is 1. The minimum absolute atomic E-state index is 0.0603. The van der Waals surface area contributed by atoms with Crippen LogP contribution in [-0.2, 0) is 0 Å². The summed E-state index contributed by atoms with van der Waals surface area (Å²) in [5.41, 5.74) is 0.653. The van der Waals surface area contributed by atoms with Crippen LogP contribution in [0.25, 0.3) is 0 Å². The van der Waals surface area contributed by atoms with Gasteiger partial charge in [-0.25, -0.2) is 4.79 Å². The van der Waals surface area contributed by atoms with E-state index < -0.39 is 0 Å². The largest absolute Gasteiger partial charge is 0.394 e. The molecule has 0 saturated carbocycles. The number of hydrogen-bond acceptors (Lipinski definition) is 3. The van der Waals surface area contributed by atoms with Gasteiger partial charge in [-0.15, -0.1) is 0 Å². The molecule has 0 aliphatic heterocycles. The highest BCUT2D eigenvalue weighted by molar-refractivity contribution is 5.89. The van der Waals surface area contributed by atoms with Crippen LogP contribution in [0.4, 0.5) is 10.5 Å². The van der Waals surface area contributed by atoms with E-state index in [1.54, 1.807) is 31.0 Å². The third-order valence-electron chi connectivity index (χ3n) is 2.63. The summed E-state index contributed by atoms with van der Waals surface area (Å²) in [7, 11) is 1.64. The van der Waals surface area contributed by atoms with Crippen molar-refractivity contribution >= 4 is 11.7 Å². The molecule has 6 nitrogen and oxygen atoms in total. The fourth-order valence-electron chi connectivity index (χ4n) is 1.22. The smallest absolute Gasteiger partial charge is 0.321 e. The Kier molecular flexibility index (Phi) is 4.51. The lowest BCUT2D eigenvalue weighted by molar-refractivity contribution is 0.166. The fourth-order valence-corrected chi connectivity index (χ4v) is 1.22. The lowest BCUT2D eigenvalue weighted by Gasteiger charge is -2.22. The molecule has 0 fully saturated rings. The maximum absolute atomic E-state index is 11.8. The number of urea groups is 1. The summed E-state index contributed by atoms with van der Waals surface area (Å²) < 4.78 is 1.77. The molecule has 2 N–H and O–H groups in total. The van der Waals surface area contributed by atoms with Crippen molar-refractivity contribution in [3.8, 4) is 0 Å². The molecule has 1 aromatic heterocycles. The number of likely N-dealkylation sites (N-methyl/N-ethyl adjacent to an activating group) is 1. The number of carbonyl (C=O) groups is 1. The summed E-state index contributed by atoms with van der Waals surface area (Å²) in [6.07, 6.45) is 3.38. The average Bonchev–Trinajstić information content (AvgIpc) is 2.75. The summed E-state index contributed by atoms with van der Waals surface area (Å²) in [4.78, 5) is 13.2. The Labute approximate surface area is 101 Å². The molecule has 1 unspecified atom stereocenters. The molecule has 6 heteroatoms. The van der Waals surface area contributed by atoms with E-state index in [4.69, 9.17) is 5.11 Å². The Hall–Kier alpha value is -1.56. The zero-order valence-corrected chi connectivity index (χ0v) is 10.7. The summed E-state index contributed by atoms with van der Waals surface area (Å²) in [5.74, 6) is 0. The third-order valence-corrected chi connectivity index (χ3v) is 2.63. The van der Waals surface area contributed by atoms with Gasteiger partial charge in [0.05, 0.1) is 24.5 Å². The molecular weight excluding hydrogens is 220 g/mol. The number of hydrogen-bond donors (Lipinski definition) is 2. The number of nitrogens with one attached hydrogen (secondary N) is 1. The molecule has 1 atom stereocenters. The van der Waals surface area contributed by atoms with E-state index in [1.807, 2.05) is 13.8 Å². The highest BCUT2D eigenvalue weighted by atomic mass is 16.3. The second-order valence-corrected chi connectivity index (χ2v) is 4.38. The highest BCUT2D eigenvalue weighted by Crippen LogP contribution is 2.10. The highest BCUT2D eigenvalue weighted by Gasteiger charge is 2.15. The number of aliphatic hydroxyl groups excluding tert-OH is 1. The van der Waals surface area contributed by atoms with E-state index in [0.717, 1.165) is 0 Å². The minimum Gasteiger partial charge on any atom is -0.394 e. The molecule has 0 radical (unpaired) electrons. The number of carbonyl (C=O) groups excluding carboxylic acids is 1. The molecule has 1 heterocycles. The normalized spacial score (nSPS) is 12.6. The van der Waals surface area contributed by atoms with Crippen molar-refractivity contribution in [1.82, 2.24) is 14.7 Å². The van der Waals surface area contributed by atoms with E-state index in [1.165, 1.54) is 4.90 Å². The van der Waals surface area contributed by atoms with Gasteiger partial charge in [-0.2, -0.15) is 5.10 Å². The first kappa shape index (κ1) is 13.5.